The van der Waals surface area contributed by atoms with Gasteiger partial charge in [-0.15, -0.1) is 0 Å². The fraction of sp³-hybridized carbons (Fsp3) is 0. The summed E-state index contributed by atoms with van der Waals surface area (Å²) >= 11 is 0. The number of carbonyl (C=O) groups is 1. The molecule has 0 aliphatic rings. The summed E-state index contributed by atoms with van der Waals surface area (Å²) in [5, 5.41) is 0. The van der Waals surface area contributed by atoms with Crippen molar-refractivity contribution in [2.45, 2.75) is 0 Å². The van der Waals surface area contributed by atoms with Crippen molar-refractivity contribution in [3.05, 3.63) is 108 Å². The summed E-state index contributed by atoms with van der Waals surface area (Å²) in [5.74, 6) is 0.914. The van der Waals surface area contributed by atoms with Crippen LogP contribution in [0.4, 0.5) is 4.39 Å². The first kappa shape index (κ1) is 17.4. The maximum atomic E-state index is 12.9. The van der Waals surface area contributed by atoms with Gasteiger partial charge in [0.25, 0.3) is 0 Å². The maximum absolute atomic E-state index is 12.9. The van der Waals surface area contributed by atoms with E-state index in [1.165, 1.54) is 30.3 Å². The highest BCUT2D eigenvalue weighted by Gasteiger charge is 2.02. The summed E-state index contributed by atoms with van der Waals surface area (Å²) in [6.07, 6.45) is 4.96. The van der Waals surface area contributed by atoms with E-state index in [1.54, 1.807) is 12.2 Å². The Morgan fingerprint density at radius 1 is 0.808 bits per heavy atom. The largest absolute Gasteiger partial charge is 0.457 e. The first-order valence-electron chi connectivity index (χ1n) is 8.12. The van der Waals surface area contributed by atoms with Crippen LogP contribution < -0.4 is 4.74 Å². The number of rotatable bonds is 6. The van der Waals surface area contributed by atoms with Crippen molar-refractivity contribution < 1.29 is 13.9 Å². The summed E-state index contributed by atoms with van der Waals surface area (Å²) in [5.41, 5.74) is 2.35. The molecular formula is C23H17FO2. The van der Waals surface area contributed by atoms with Crippen LogP contribution >= 0.6 is 0 Å². The van der Waals surface area contributed by atoms with Crippen LogP contribution in [-0.4, -0.2) is 5.78 Å². The average molecular weight is 344 g/mol. The molecule has 0 N–H and O–H groups in total. The molecule has 0 spiro atoms. The van der Waals surface area contributed by atoms with E-state index in [4.69, 9.17) is 4.74 Å². The minimum atomic E-state index is -0.361. The molecule has 0 radical (unpaired) electrons. The Bertz CT molecular complexity index is 921. The Balaban J connectivity index is 1.64. The number of hydrogen-bond donors (Lipinski definition) is 0. The molecule has 3 heteroatoms. The van der Waals surface area contributed by atoms with Gasteiger partial charge in [0.2, 0.25) is 0 Å². The van der Waals surface area contributed by atoms with E-state index in [-0.39, 0.29) is 11.6 Å². The molecule has 3 aromatic rings. The van der Waals surface area contributed by atoms with Gasteiger partial charge in [-0.05, 0) is 65.7 Å². The molecule has 2 nitrogen and oxygen atoms in total. The summed E-state index contributed by atoms with van der Waals surface area (Å²) in [7, 11) is 0. The van der Waals surface area contributed by atoms with Crippen LogP contribution in [0.5, 0.6) is 11.5 Å². The Hall–Kier alpha value is -3.46. The predicted molar refractivity (Wildman–Crippen MR) is 103 cm³/mol. The third kappa shape index (κ3) is 4.54. The van der Waals surface area contributed by atoms with Crippen molar-refractivity contribution in [1.29, 1.82) is 0 Å². The Morgan fingerprint density at radius 2 is 1.35 bits per heavy atom. The zero-order valence-corrected chi connectivity index (χ0v) is 14.1. The lowest BCUT2D eigenvalue weighted by molar-refractivity contribution is 0.104. The molecule has 0 fully saturated rings. The first-order valence-corrected chi connectivity index (χ1v) is 8.12. The number of ether oxygens (including phenoxy) is 1. The lowest BCUT2D eigenvalue weighted by Gasteiger charge is -2.06. The summed E-state index contributed by atoms with van der Waals surface area (Å²) in [6, 6.07) is 20.5. The maximum Gasteiger partial charge on any atom is 0.185 e. The summed E-state index contributed by atoms with van der Waals surface area (Å²) in [6.45, 7) is 3.72. The van der Waals surface area contributed by atoms with Crippen molar-refractivity contribution in [3.8, 4) is 11.5 Å². The molecule has 3 aromatic carbocycles. The summed E-state index contributed by atoms with van der Waals surface area (Å²) in [4.78, 5) is 12.0. The fourth-order valence-electron chi connectivity index (χ4n) is 2.34. The quantitative estimate of drug-likeness (QED) is 0.395. The molecular weight excluding hydrogens is 327 g/mol. The molecule has 26 heavy (non-hydrogen) atoms. The van der Waals surface area contributed by atoms with Gasteiger partial charge >= 0.3 is 0 Å². The van der Waals surface area contributed by atoms with Crippen molar-refractivity contribution in [2.24, 2.45) is 0 Å². The number of hydrogen-bond acceptors (Lipinski definition) is 2. The zero-order valence-electron chi connectivity index (χ0n) is 14.1. The molecule has 0 heterocycles. The minimum Gasteiger partial charge on any atom is -0.457 e. The highest BCUT2D eigenvalue weighted by molar-refractivity contribution is 6.06. The monoisotopic (exact) mass is 344 g/mol. The van der Waals surface area contributed by atoms with Gasteiger partial charge in [0, 0.05) is 5.56 Å². The molecule has 0 bridgehead atoms. The normalized spacial score (nSPS) is 10.7. The Kier molecular flexibility index (Phi) is 5.40. The third-order valence-electron chi connectivity index (χ3n) is 3.79. The van der Waals surface area contributed by atoms with Crippen molar-refractivity contribution >= 4 is 17.9 Å². The van der Waals surface area contributed by atoms with Crippen molar-refractivity contribution in [1.82, 2.24) is 0 Å². The molecule has 0 saturated carbocycles. The van der Waals surface area contributed by atoms with E-state index in [1.807, 2.05) is 48.5 Å². The number of halogens is 1. The van der Waals surface area contributed by atoms with E-state index in [0.29, 0.717) is 11.3 Å². The van der Waals surface area contributed by atoms with Crippen LogP contribution in [0.15, 0.2) is 85.5 Å². The molecule has 0 saturated heterocycles. The van der Waals surface area contributed by atoms with E-state index >= 15 is 0 Å². The molecule has 3 rings (SSSR count). The van der Waals surface area contributed by atoms with E-state index < -0.39 is 0 Å². The third-order valence-corrected chi connectivity index (χ3v) is 3.79. The zero-order chi connectivity index (χ0) is 18.4. The fourth-order valence-corrected chi connectivity index (χ4v) is 2.34. The topological polar surface area (TPSA) is 26.3 Å². The predicted octanol–water partition coefficient (Wildman–Crippen LogP) is 6.16. The lowest BCUT2D eigenvalue weighted by Crippen LogP contribution is -1.93. The average Bonchev–Trinajstić information content (AvgIpc) is 2.68. The smallest absolute Gasteiger partial charge is 0.185 e. The van der Waals surface area contributed by atoms with Crippen LogP contribution in [0.25, 0.3) is 12.2 Å². The molecule has 128 valence electrons. The van der Waals surface area contributed by atoms with Gasteiger partial charge in [-0.3, -0.25) is 4.79 Å². The van der Waals surface area contributed by atoms with Crippen LogP contribution in [0.3, 0.4) is 0 Å². The van der Waals surface area contributed by atoms with Crippen LogP contribution in [0.1, 0.15) is 21.5 Å². The van der Waals surface area contributed by atoms with Gasteiger partial charge in [0.15, 0.2) is 5.78 Å². The van der Waals surface area contributed by atoms with Gasteiger partial charge < -0.3 is 4.74 Å². The minimum absolute atomic E-state index is 0.173. The highest BCUT2D eigenvalue weighted by Crippen LogP contribution is 2.22. The van der Waals surface area contributed by atoms with E-state index in [9.17, 15) is 9.18 Å². The van der Waals surface area contributed by atoms with Crippen molar-refractivity contribution in [2.75, 3.05) is 0 Å². The van der Waals surface area contributed by atoms with Gasteiger partial charge in [0.05, 0.1) is 0 Å². The summed E-state index contributed by atoms with van der Waals surface area (Å²) < 4.78 is 18.7. The van der Waals surface area contributed by atoms with E-state index in [0.717, 1.165) is 16.9 Å². The van der Waals surface area contributed by atoms with E-state index in [2.05, 4.69) is 6.58 Å². The molecule has 0 atom stereocenters. The number of benzene rings is 3. The lowest BCUT2D eigenvalue weighted by atomic mass is 10.1. The standard InChI is InChI=1S/C23H17FO2/c1-2-17-3-12-21(13-4-17)26-22-14-5-18(6-15-22)7-16-23(25)19-8-10-20(24)11-9-19/h2-16H,1H2/b16-7+. The Morgan fingerprint density at radius 3 is 1.88 bits per heavy atom. The molecule has 0 aliphatic heterocycles. The first-order chi connectivity index (χ1) is 12.6. The van der Waals surface area contributed by atoms with Gasteiger partial charge in [-0.1, -0.05) is 43.0 Å². The molecule has 0 aromatic heterocycles. The Labute approximate surface area is 151 Å². The number of carbonyl (C=O) groups excluding carboxylic acids is 1. The van der Waals surface area contributed by atoms with Crippen molar-refractivity contribution in [3.63, 3.8) is 0 Å². The highest BCUT2D eigenvalue weighted by atomic mass is 19.1. The molecule has 0 unspecified atom stereocenters. The second kappa shape index (κ2) is 8.08. The van der Waals surface area contributed by atoms with Gasteiger partial charge in [-0.2, -0.15) is 0 Å². The van der Waals surface area contributed by atoms with Crippen LogP contribution in [0, 0.1) is 5.82 Å². The van der Waals surface area contributed by atoms with Gasteiger partial charge in [0.1, 0.15) is 17.3 Å². The van der Waals surface area contributed by atoms with Crippen LogP contribution in [-0.2, 0) is 0 Å². The molecule has 0 amide bonds. The number of ketones is 1. The second-order valence-corrected chi connectivity index (χ2v) is 5.65. The SMILES string of the molecule is C=Cc1ccc(Oc2ccc(/C=C/C(=O)c3ccc(F)cc3)cc2)cc1. The van der Waals surface area contributed by atoms with Gasteiger partial charge in [-0.25, -0.2) is 4.39 Å². The van der Waals surface area contributed by atoms with Crippen LogP contribution in [0.2, 0.25) is 0 Å². The second-order valence-electron chi connectivity index (χ2n) is 5.65. The number of allylic oxidation sites excluding steroid dienone is 1. The molecule has 0 aliphatic carbocycles.